The van der Waals surface area contributed by atoms with E-state index in [1.54, 1.807) is 42.5 Å². The molecule has 0 aliphatic carbocycles. The van der Waals surface area contributed by atoms with Crippen LogP contribution >= 0.6 is 0 Å². The smallest absolute Gasteiger partial charge is 0.490 e. The highest BCUT2D eigenvalue weighted by Crippen LogP contribution is 2.40. The number of carbonyl (C=O) groups excluding carboxylic acids is 1. The molecule has 1 aliphatic rings. The summed E-state index contributed by atoms with van der Waals surface area (Å²) in [4.78, 5) is 28.7. The molecule has 0 unspecified atom stereocenters. The maximum atomic E-state index is 13.5. The molecule has 230 valence electrons. The van der Waals surface area contributed by atoms with Crippen LogP contribution in [0.15, 0.2) is 43.0 Å². The normalized spacial score (nSPS) is 13.9. The molecule has 0 bridgehead atoms. The van der Waals surface area contributed by atoms with E-state index in [-0.39, 0.29) is 23.4 Å². The van der Waals surface area contributed by atoms with Gasteiger partial charge in [0.25, 0.3) is 0 Å². The fourth-order valence-electron chi connectivity index (χ4n) is 4.37. The Hall–Kier alpha value is -4.73. The third-order valence-electron chi connectivity index (χ3n) is 6.53. The molecule has 43 heavy (non-hydrogen) atoms. The molecule has 0 radical (unpaired) electrons. The van der Waals surface area contributed by atoms with Gasteiger partial charge in [0.1, 0.15) is 18.6 Å². The molecule has 0 saturated carbocycles. The first-order chi connectivity index (χ1) is 20.2. The Morgan fingerprint density at radius 2 is 1.79 bits per heavy atom. The number of halogens is 3. The van der Waals surface area contributed by atoms with Crippen molar-refractivity contribution in [2.75, 3.05) is 38.3 Å². The molecule has 0 spiro atoms. The summed E-state index contributed by atoms with van der Waals surface area (Å²) in [6, 6.07) is 7.35. The molecule has 1 aromatic carbocycles. The van der Waals surface area contributed by atoms with E-state index in [2.05, 4.69) is 40.9 Å². The van der Waals surface area contributed by atoms with Gasteiger partial charge in [0.05, 0.1) is 26.0 Å². The lowest BCUT2D eigenvalue weighted by Gasteiger charge is -2.33. The van der Waals surface area contributed by atoms with E-state index in [4.69, 9.17) is 24.8 Å². The summed E-state index contributed by atoms with van der Waals surface area (Å²) in [7, 11) is 1.67. The highest BCUT2D eigenvalue weighted by Gasteiger charge is 2.38. The number of aromatic nitrogens is 6. The average molecular weight is 605 g/mol. The molecular weight excluding hydrogens is 573 g/mol. The van der Waals surface area contributed by atoms with E-state index in [1.807, 2.05) is 12.1 Å². The van der Waals surface area contributed by atoms with Crippen LogP contribution in [0.3, 0.4) is 0 Å². The molecule has 4 heterocycles. The summed E-state index contributed by atoms with van der Waals surface area (Å²) < 4.78 is 47.6. The van der Waals surface area contributed by atoms with Crippen molar-refractivity contribution in [2.45, 2.75) is 38.9 Å². The van der Waals surface area contributed by atoms with Crippen LogP contribution in [0.25, 0.3) is 11.5 Å². The number of hydrogen-bond acceptors (Lipinski definition) is 9. The zero-order chi connectivity index (χ0) is 31.5. The number of carbonyl (C=O) groups is 2. The van der Waals surface area contributed by atoms with Crippen molar-refractivity contribution in [3.8, 4) is 11.6 Å². The number of benzene rings is 1. The number of carboxylic acid groups (broad SMARTS) is 1. The fourth-order valence-corrected chi connectivity index (χ4v) is 4.37. The van der Waals surface area contributed by atoms with Crippen LogP contribution in [0.1, 0.15) is 36.7 Å². The predicted molar refractivity (Wildman–Crippen MR) is 147 cm³/mol. The molecule has 0 amide bonds. The Balaban J connectivity index is 0.000000541. The van der Waals surface area contributed by atoms with Gasteiger partial charge < -0.3 is 19.5 Å². The number of nitrogens with one attached hydrogen (secondary N) is 1. The molecular formula is C27H31F3N8O5. The summed E-state index contributed by atoms with van der Waals surface area (Å²) in [5, 5.41) is 24.6. The minimum absolute atomic E-state index is 0.0123. The monoisotopic (exact) mass is 604 g/mol. The lowest BCUT2D eigenvalue weighted by atomic mass is 9.84. The van der Waals surface area contributed by atoms with E-state index in [1.165, 1.54) is 9.20 Å². The first-order valence-electron chi connectivity index (χ1n) is 13.1. The highest BCUT2D eigenvalue weighted by molar-refractivity contribution is 5.97. The van der Waals surface area contributed by atoms with Crippen LogP contribution in [0, 0.1) is 5.41 Å². The topological polar surface area (TPSA) is 153 Å². The first kappa shape index (κ1) is 31.2. The molecule has 5 rings (SSSR count). The number of ether oxygens (including phenoxy) is 2. The number of imidazole rings is 1. The number of morpholine rings is 1. The predicted octanol–water partition coefficient (Wildman–Crippen LogP) is 2.85. The lowest BCUT2D eigenvalue weighted by molar-refractivity contribution is -0.192. The molecule has 1 saturated heterocycles. The lowest BCUT2D eigenvalue weighted by Crippen LogP contribution is -2.37. The minimum atomic E-state index is -5.08. The van der Waals surface area contributed by atoms with Crippen LogP contribution in [-0.2, 0) is 21.5 Å². The summed E-state index contributed by atoms with van der Waals surface area (Å²) in [5.41, 5.74) is 2.64. The molecule has 16 heteroatoms. The third kappa shape index (κ3) is 7.02. The first-order valence-corrected chi connectivity index (χ1v) is 13.1. The Morgan fingerprint density at radius 1 is 1.12 bits per heavy atom. The Labute approximate surface area is 243 Å². The van der Waals surface area contributed by atoms with E-state index in [0.29, 0.717) is 30.2 Å². The number of alkyl halides is 3. The zero-order valence-corrected chi connectivity index (χ0v) is 23.9. The number of Topliss-reactive ketones (excluding diaryl/α,β-unsaturated/α-hetero) is 1. The second-order valence-electron chi connectivity index (χ2n) is 10.6. The number of anilines is 1. The molecule has 0 atom stereocenters. The Morgan fingerprint density at radius 3 is 2.35 bits per heavy atom. The van der Waals surface area contributed by atoms with Crippen LogP contribution in [0.4, 0.5) is 18.9 Å². The highest BCUT2D eigenvalue weighted by atomic mass is 19.4. The average Bonchev–Trinajstić information content (AvgIpc) is 3.60. The largest absolute Gasteiger partial charge is 0.494 e. The van der Waals surface area contributed by atoms with Gasteiger partial charge in [-0.2, -0.15) is 17.7 Å². The van der Waals surface area contributed by atoms with E-state index < -0.39 is 12.1 Å². The van der Waals surface area contributed by atoms with Gasteiger partial charge >= 0.3 is 12.1 Å². The summed E-state index contributed by atoms with van der Waals surface area (Å²) in [6.07, 6.45) is -0.0181. The van der Waals surface area contributed by atoms with E-state index in [0.717, 1.165) is 30.1 Å². The number of rotatable bonds is 6. The van der Waals surface area contributed by atoms with Crippen molar-refractivity contribution in [1.29, 1.82) is 5.41 Å². The van der Waals surface area contributed by atoms with E-state index in [9.17, 15) is 18.0 Å². The summed E-state index contributed by atoms with van der Waals surface area (Å²) >= 11 is 0. The van der Waals surface area contributed by atoms with Gasteiger partial charge in [0, 0.05) is 36.6 Å². The summed E-state index contributed by atoms with van der Waals surface area (Å²) in [6.45, 7) is 8.92. The third-order valence-corrected chi connectivity index (χ3v) is 6.53. The Kier molecular flexibility index (Phi) is 8.89. The quantitative estimate of drug-likeness (QED) is 0.317. The number of nitrogens with zero attached hydrogens (tertiary/aromatic N) is 7. The van der Waals surface area contributed by atoms with Crippen LogP contribution in [0.5, 0.6) is 5.75 Å². The number of methoxy groups -OCH3 is 1. The van der Waals surface area contributed by atoms with Gasteiger partial charge in [-0.25, -0.2) is 14.5 Å². The van der Waals surface area contributed by atoms with Gasteiger partial charge in [0.2, 0.25) is 5.62 Å². The fraction of sp³-hybridized carbons (Fsp3) is 0.407. The van der Waals surface area contributed by atoms with Gasteiger partial charge in [-0.3, -0.25) is 14.8 Å². The van der Waals surface area contributed by atoms with Crippen LogP contribution in [0.2, 0.25) is 0 Å². The van der Waals surface area contributed by atoms with Crippen molar-refractivity contribution in [3.63, 3.8) is 0 Å². The Bertz CT molecular complexity index is 1670. The van der Waals surface area contributed by atoms with Gasteiger partial charge in [-0.1, -0.05) is 20.8 Å². The van der Waals surface area contributed by atoms with Crippen LogP contribution in [-0.4, -0.2) is 85.4 Å². The second kappa shape index (κ2) is 12.2. The maximum absolute atomic E-state index is 13.5. The van der Waals surface area contributed by atoms with Gasteiger partial charge in [-0.05, 0) is 29.7 Å². The molecule has 1 fully saturated rings. The van der Waals surface area contributed by atoms with Gasteiger partial charge in [0.15, 0.2) is 17.2 Å². The molecule has 4 aromatic rings. The van der Waals surface area contributed by atoms with Crippen molar-refractivity contribution in [2.24, 2.45) is 0 Å². The van der Waals surface area contributed by atoms with Crippen molar-refractivity contribution in [1.82, 2.24) is 28.9 Å². The number of carboxylic acids is 1. The van der Waals surface area contributed by atoms with Crippen molar-refractivity contribution < 1.29 is 37.3 Å². The molecule has 3 aromatic heterocycles. The SMILES string of the molecule is COc1c(N2CCOCC2)cc(C(=O)Cn2nc3ccc(-n4ccnc4)nn3c2=N)cc1C(C)(C)C.O=C(O)C(F)(F)F. The standard InChI is InChI=1S/C25H30N8O3.C2HF3O2/c1-25(2,3)18-13-17(14-19(23(18)35-4)30-9-11-36-12-10-30)20(34)15-32-24(26)33-22(28-32)6-5-21(29-33)31-8-7-27-16-31;3-2(4,5)1(6)7/h5-8,13-14,16,26H,9-12,15H2,1-4H3;(H,6,7). The van der Waals surface area contributed by atoms with Crippen LogP contribution < -0.4 is 15.3 Å². The number of fused-ring (bicyclic) bond motifs is 1. The summed E-state index contributed by atoms with van der Waals surface area (Å²) in [5.74, 6) is -1.52. The zero-order valence-electron chi connectivity index (χ0n) is 23.9. The van der Waals surface area contributed by atoms with Gasteiger partial charge in [-0.15, -0.1) is 10.2 Å². The number of aliphatic carboxylic acids is 1. The molecule has 13 nitrogen and oxygen atoms in total. The molecule has 2 N–H and O–H groups in total. The van der Waals surface area contributed by atoms with E-state index >= 15 is 0 Å². The second-order valence-corrected chi connectivity index (χ2v) is 10.6. The number of ketones is 1. The number of hydrogen-bond donors (Lipinski definition) is 2. The van der Waals surface area contributed by atoms with Crippen molar-refractivity contribution in [3.05, 3.63) is 59.7 Å². The maximum Gasteiger partial charge on any atom is 0.490 e. The minimum Gasteiger partial charge on any atom is -0.494 e. The molecule has 1 aliphatic heterocycles. The van der Waals surface area contributed by atoms with Crippen molar-refractivity contribution >= 4 is 23.1 Å².